The molecule has 2 rings (SSSR count). The Balaban J connectivity index is 0.00000312. The molecule has 0 spiro atoms. The van der Waals surface area contributed by atoms with Crippen LogP contribution in [0.15, 0.2) is 35.3 Å². The van der Waals surface area contributed by atoms with Gasteiger partial charge in [0.2, 0.25) is 5.91 Å². The van der Waals surface area contributed by atoms with Gasteiger partial charge in [-0.15, -0.1) is 24.0 Å². The van der Waals surface area contributed by atoms with Crippen molar-refractivity contribution in [3.63, 3.8) is 0 Å². The second kappa shape index (κ2) is 11.3. The van der Waals surface area contributed by atoms with Gasteiger partial charge in [0.1, 0.15) is 0 Å². The van der Waals surface area contributed by atoms with E-state index in [4.69, 9.17) is 0 Å². The van der Waals surface area contributed by atoms with E-state index in [1.54, 1.807) is 0 Å². The zero-order valence-corrected chi connectivity index (χ0v) is 17.9. The number of guanidine groups is 1. The molecule has 1 aliphatic heterocycles. The first-order valence-corrected chi connectivity index (χ1v) is 8.90. The van der Waals surface area contributed by atoms with E-state index < -0.39 is 0 Å². The molecule has 0 radical (unpaired) electrons. The summed E-state index contributed by atoms with van der Waals surface area (Å²) in [6, 6.07) is 10.7. The Morgan fingerprint density at radius 2 is 2.08 bits per heavy atom. The van der Waals surface area contributed by atoms with Gasteiger partial charge >= 0.3 is 0 Å². The summed E-state index contributed by atoms with van der Waals surface area (Å²) in [6.45, 7) is 4.73. The van der Waals surface area contributed by atoms with E-state index in [9.17, 15) is 4.79 Å². The summed E-state index contributed by atoms with van der Waals surface area (Å²) in [5.41, 5.74) is 1.26. The number of carbonyl (C=O) groups is 1. The largest absolute Gasteiger partial charge is 0.356 e. The summed E-state index contributed by atoms with van der Waals surface area (Å²) in [6.07, 6.45) is 3.68. The fraction of sp³-hybridized carbons (Fsp3) is 0.579. The topological polar surface area (TPSA) is 47.9 Å². The normalized spacial score (nSPS) is 15.7. The first-order valence-electron chi connectivity index (χ1n) is 8.90. The van der Waals surface area contributed by atoms with Gasteiger partial charge < -0.3 is 15.1 Å². The summed E-state index contributed by atoms with van der Waals surface area (Å²) in [5, 5.41) is 3.43. The van der Waals surface area contributed by atoms with Crippen LogP contribution in [0.2, 0.25) is 0 Å². The predicted octanol–water partition coefficient (Wildman–Crippen LogP) is 3.10. The number of hydrogen-bond acceptors (Lipinski definition) is 2. The van der Waals surface area contributed by atoms with Crippen molar-refractivity contribution in [2.24, 2.45) is 4.99 Å². The molecule has 1 aliphatic rings. The molecule has 1 N–H and O–H groups in total. The maximum atomic E-state index is 11.9. The van der Waals surface area contributed by atoms with Gasteiger partial charge in [-0.2, -0.15) is 0 Å². The second-order valence-corrected chi connectivity index (χ2v) is 6.36. The van der Waals surface area contributed by atoms with Crippen molar-refractivity contribution in [1.82, 2.24) is 15.1 Å². The molecule has 1 aromatic rings. The fourth-order valence-corrected chi connectivity index (χ4v) is 3.30. The first-order chi connectivity index (χ1) is 11.7. The minimum Gasteiger partial charge on any atom is -0.356 e. The number of halogens is 1. The number of aliphatic imine (C=N–C) groups is 1. The second-order valence-electron chi connectivity index (χ2n) is 6.36. The molecule has 1 heterocycles. The van der Waals surface area contributed by atoms with Crippen molar-refractivity contribution in [2.75, 3.05) is 27.2 Å². The van der Waals surface area contributed by atoms with Crippen molar-refractivity contribution in [3.8, 4) is 0 Å². The van der Waals surface area contributed by atoms with Crippen LogP contribution in [0.4, 0.5) is 0 Å². The standard InChI is InChI=1S/C19H30N4O.HI/c1-4-17(23-14-8-11-18(23)24)12-13-21-19(20-2)22(3)15-16-9-6-5-7-10-16;/h5-7,9-10,17H,4,8,11-15H2,1-3H3,(H,20,21);1H. The van der Waals surface area contributed by atoms with Crippen LogP contribution in [-0.4, -0.2) is 54.9 Å². The quantitative estimate of drug-likeness (QED) is 0.388. The molecule has 5 nitrogen and oxygen atoms in total. The van der Waals surface area contributed by atoms with Gasteiger partial charge in [-0.3, -0.25) is 9.79 Å². The van der Waals surface area contributed by atoms with Crippen molar-refractivity contribution in [1.29, 1.82) is 0 Å². The first kappa shape index (κ1) is 21.7. The summed E-state index contributed by atoms with van der Waals surface area (Å²) in [7, 11) is 3.86. The Kier molecular flexibility index (Phi) is 9.85. The Hall–Kier alpha value is -1.31. The van der Waals surface area contributed by atoms with Gasteiger partial charge in [-0.1, -0.05) is 37.3 Å². The van der Waals surface area contributed by atoms with Crippen LogP contribution >= 0.6 is 24.0 Å². The third-order valence-corrected chi connectivity index (χ3v) is 4.62. The van der Waals surface area contributed by atoms with E-state index in [1.807, 2.05) is 20.2 Å². The van der Waals surface area contributed by atoms with Crippen molar-refractivity contribution in [2.45, 2.75) is 45.2 Å². The average molecular weight is 458 g/mol. The molecule has 6 heteroatoms. The van der Waals surface area contributed by atoms with Gasteiger partial charge in [0.15, 0.2) is 5.96 Å². The Morgan fingerprint density at radius 3 is 2.64 bits per heavy atom. The molecule has 1 unspecified atom stereocenters. The average Bonchev–Trinajstić information content (AvgIpc) is 3.02. The van der Waals surface area contributed by atoms with E-state index in [0.29, 0.717) is 18.4 Å². The zero-order valence-electron chi connectivity index (χ0n) is 15.6. The highest BCUT2D eigenvalue weighted by molar-refractivity contribution is 14.0. The van der Waals surface area contributed by atoms with E-state index in [0.717, 1.165) is 44.9 Å². The number of benzene rings is 1. The molecule has 0 aromatic heterocycles. The Labute approximate surface area is 168 Å². The van der Waals surface area contributed by atoms with E-state index >= 15 is 0 Å². The van der Waals surface area contributed by atoms with Gasteiger partial charge in [-0.05, 0) is 24.8 Å². The smallest absolute Gasteiger partial charge is 0.222 e. The lowest BCUT2D eigenvalue weighted by molar-refractivity contribution is -0.129. The summed E-state index contributed by atoms with van der Waals surface area (Å²) >= 11 is 0. The molecule has 1 fully saturated rings. The number of rotatable bonds is 7. The molecule has 1 saturated heterocycles. The summed E-state index contributed by atoms with van der Waals surface area (Å²) < 4.78 is 0. The van der Waals surface area contributed by atoms with Crippen LogP contribution in [0.1, 0.15) is 38.2 Å². The summed E-state index contributed by atoms with van der Waals surface area (Å²) in [5.74, 6) is 1.20. The van der Waals surface area contributed by atoms with Gasteiger partial charge in [0.25, 0.3) is 0 Å². The lowest BCUT2D eigenvalue weighted by Crippen LogP contribution is -2.42. The monoisotopic (exact) mass is 458 g/mol. The molecule has 0 aliphatic carbocycles. The van der Waals surface area contributed by atoms with Gasteiger partial charge in [0.05, 0.1) is 0 Å². The number of carbonyl (C=O) groups excluding carboxylic acids is 1. The molecule has 140 valence electrons. The van der Waals surface area contributed by atoms with Gasteiger partial charge in [-0.25, -0.2) is 0 Å². The molecule has 25 heavy (non-hydrogen) atoms. The van der Waals surface area contributed by atoms with Gasteiger partial charge in [0, 0.05) is 46.2 Å². The predicted molar refractivity (Wildman–Crippen MR) is 114 cm³/mol. The SMILES string of the molecule is CCC(CCNC(=NC)N(C)Cc1ccccc1)N1CCCC1=O.I. The van der Waals surface area contributed by atoms with Crippen LogP contribution < -0.4 is 5.32 Å². The minimum atomic E-state index is 0. The maximum absolute atomic E-state index is 11.9. The lowest BCUT2D eigenvalue weighted by atomic mass is 10.1. The molecule has 0 bridgehead atoms. The van der Waals surface area contributed by atoms with E-state index in [-0.39, 0.29) is 24.0 Å². The number of nitrogens with zero attached hydrogens (tertiary/aromatic N) is 3. The zero-order chi connectivity index (χ0) is 17.4. The number of amides is 1. The van der Waals surface area contributed by atoms with Crippen LogP contribution in [0.3, 0.4) is 0 Å². The molecular formula is C19H31IN4O. The van der Waals surface area contributed by atoms with E-state index in [2.05, 4.69) is 51.3 Å². The van der Waals surface area contributed by atoms with E-state index in [1.165, 1.54) is 5.56 Å². The fourth-order valence-electron chi connectivity index (χ4n) is 3.30. The minimum absolute atomic E-state index is 0. The van der Waals surface area contributed by atoms with Crippen molar-refractivity contribution < 1.29 is 4.79 Å². The number of hydrogen-bond donors (Lipinski definition) is 1. The lowest BCUT2D eigenvalue weighted by Gasteiger charge is -2.28. The van der Waals surface area contributed by atoms with Crippen LogP contribution in [0.5, 0.6) is 0 Å². The highest BCUT2D eigenvalue weighted by Crippen LogP contribution is 2.17. The van der Waals surface area contributed by atoms with Crippen molar-refractivity contribution in [3.05, 3.63) is 35.9 Å². The summed E-state index contributed by atoms with van der Waals surface area (Å²) in [4.78, 5) is 20.5. The van der Waals surface area contributed by atoms with Crippen molar-refractivity contribution >= 4 is 35.8 Å². The Bertz CT molecular complexity index is 550. The maximum Gasteiger partial charge on any atom is 0.222 e. The van der Waals surface area contributed by atoms with Crippen LogP contribution in [-0.2, 0) is 11.3 Å². The molecule has 1 aromatic carbocycles. The van der Waals surface area contributed by atoms with Crippen LogP contribution in [0, 0.1) is 0 Å². The molecular weight excluding hydrogens is 427 g/mol. The third kappa shape index (κ3) is 6.49. The highest BCUT2D eigenvalue weighted by atomic mass is 127. The molecule has 1 amide bonds. The number of likely N-dealkylation sites (tertiary alicyclic amines) is 1. The van der Waals surface area contributed by atoms with Crippen LogP contribution in [0.25, 0.3) is 0 Å². The molecule has 1 atom stereocenters. The Morgan fingerprint density at radius 1 is 1.36 bits per heavy atom. The third-order valence-electron chi connectivity index (χ3n) is 4.62. The number of nitrogens with one attached hydrogen (secondary N) is 1. The molecule has 0 saturated carbocycles. The highest BCUT2D eigenvalue weighted by Gasteiger charge is 2.26.